The Morgan fingerprint density at radius 2 is 2.23 bits per heavy atom. The smallest absolute Gasteiger partial charge is 0.340 e. The second kappa shape index (κ2) is 7.60. The highest BCUT2D eigenvalue weighted by molar-refractivity contribution is 9.10. The van der Waals surface area contributed by atoms with Gasteiger partial charge in [-0.15, -0.1) is 11.8 Å². The molecule has 140 valence electrons. The molecule has 2 atom stereocenters. The van der Waals surface area contributed by atoms with Crippen LogP contribution in [-0.4, -0.2) is 46.0 Å². The van der Waals surface area contributed by atoms with Crippen LogP contribution in [0.5, 0.6) is 0 Å². The number of carbonyl (C=O) groups is 3. The Morgan fingerprint density at radius 3 is 2.96 bits per heavy atom. The number of anilines is 1. The number of nitrogens with zero attached hydrogens (tertiary/aromatic N) is 1. The molecule has 6 nitrogen and oxygen atoms in total. The van der Waals surface area contributed by atoms with E-state index in [9.17, 15) is 14.4 Å². The summed E-state index contributed by atoms with van der Waals surface area (Å²) in [6, 6.07) is 4.52. The molecule has 2 aliphatic rings. The predicted octanol–water partition coefficient (Wildman–Crippen LogP) is 3.41. The van der Waals surface area contributed by atoms with Crippen molar-refractivity contribution < 1.29 is 19.1 Å². The van der Waals surface area contributed by atoms with Gasteiger partial charge < -0.3 is 15.0 Å². The second-order valence-corrected chi connectivity index (χ2v) is 9.00. The summed E-state index contributed by atoms with van der Waals surface area (Å²) in [4.78, 5) is 38.7. The van der Waals surface area contributed by atoms with E-state index in [4.69, 9.17) is 4.74 Å². The average Bonchev–Trinajstić information content (AvgIpc) is 3.10. The lowest BCUT2D eigenvalue weighted by atomic mass is 10.1. The molecule has 0 saturated carbocycles. The van der Waals surface area contributed by atoms with Gasteiger partial charge in [0.2, 0.25) is 11.8 Å². The second-order valence-electron chi connectivity index (χ2n) is 6.58. The van der Waals surface area contributed by atoms with Crippen LogP contribution in [0.4, 0.5) is 5.69 Å². The predicted molar refractivity (Wildman–Crippen MR) is 104 cm³/mol. The summed E-state index contributed by atoms with van der Waals surface area (Å²) in [5.74, 6) is -0.189. The highest BCUT2D eigenvalue weighted by atomic mass is 79.9. The van der Waals surface area contributed by atoms with Crippen molar-refractivity contribution in [3.05, 3.63) is 28.2 Å². The number of esters is 1. The van der Waals surface area contributed by atoms with Crippen molar-refractivity contribution in [3.63, 3.8) is 0 Å². The number of rotatable bonds is 5. The molecular weight excluding hydrogens is 420 g/mol. The van der Waals surface area contributed by atoms with Gasteiger partial charge in [0.05, 0.1) is 22.7 Å². The first-order valence-electron chi connectivity index (χ1n) is 8.59. The largest absolute Gasteiger partial charge is 0.462 e. The van der Waals surface area contributed by atoms with Crippen LogP contribution in [0.2, 0.25) is 0 Å². The normalized spacial score (nSPS) is 24.5. The van der Waals surface area contributed by atoms with E-state index in [1.54, 1.807) is 34.9 Å². The highest BCUT2D eigenvalue weighted by Gasteiger charge is 2.52. The molecule has 2 aliphatic heterocycles. The topological polar surface area (TPSA) is 75.7 Å². The Bertz CT molecular complexity index is 757. The summed E-state index contributed by atoms with van der Waals surface area (Å²) in [7, 11) is 0. The first kappa shape index (κ1) is 19.2. The lowest BCUT2D eigenvalue weighted by Crippen LogP contribution is -2.48. The molecule has 2 saturated heterocycles. The molecule has 1 N–H and O–H groups in total. The molecule has 0 radical (unpaired) electrons. The van der Waals surface area contributed by atoms with Gasteiger partial charge >= 0.3 is 5.97 Å². The van der Waals surface area contributed by atoms with Crippen LogP contribution in [0.3, 0.4) is 0 Å². The third kappa shape index (κ3) is 3.62. The Morgan fingerprint density at radius 1 is 1.46 bits per heavy atom. The first-order chi connectivity index (χ1) is 12.4. The zero-order valence-corrected chi connectivity index (χ0v) is 17.1. The van der Waals surface area contributed by atoms with Gasteiger partial charge in [0, 0.05) is 16.6 Å². The summed E-state index contributed by atoms with van der Waals surface area (Å²) >= 11 is 4.98. The standard InChI is InChI=1S/C18H21BrN2O4S/c1-3-8-25-17(24)12-9-11(19)4-5-13(12)20-16(23)14-10-26-18(2)7-6-15(22)21(14)18/h4-5,9,14H,3,6-8,10H2,1-2H3,(H,20,23). The van der Waals surface area contributed by atoms with Gasteiger partial charge in [0.1, 0.15) is 6.04 Å². The maximum absolute atomic E-state index is 12.8. The Kier molecular flexibility index (Phi) is 5.62. The molecule has 2 heterocycles. The molecule has 0 spiro atoms. The summed E-state index contributed by atoms with van der Waals surface area (Å²) in [5.41, 5.74) is 0.687. The number of amides is 2. The minimum atomic E-state index is -0.525. The minimum absolute atomic E-state index is 0.0102. The molecule has 0 bridgehead atoms. The molecule has 2 fully saturated rings. The zero-order chi connectivity index (χ0) is 18.9. The molecule has 1 aromatic carbocycles. The molecule has 1 aromatic rings. The van der Waals surface area contributed by atoms with Gasteiger partial charge in [-0.2, -0.15) is 0 Å². The van der Waals surface area contributed by atoms with Crippen LogP contribution < -0.4 is 5.32 Å². The number of halogens is 1. The van der Waals surface area contributed by atoms with E-state index < -0.39 is 12.0 Å². The summed E-state index contributed by atoms with van der Waals surface area (Å²) in [6.45, 7) is 4.24. The monoisotopic (exact) mass is 440 g/mol. The molecule has 2 unspecified atom stereocenters. The van der Waals surface area contributed by atoms with E-state index in [-0.39, 0.29) is 16.7 Å². The quantitative estimate of drug-likeness (QED) is 0.709. The van der Waals surface area contributed by atoms with Crippen molar-refractivity contribution in [2.45, 2.75) is 44.0 Å². The Hall–Kier alpha value is -1.54. The van der Waals surface area contributed by atoms with E-state index in [0.717, 1.165) is 17.3 Å². The highest BCUT2D eigenvalue weighted by Crippen LogP contribution is 2.47. The van der Waals surface area contributed by atoms with Crippen LogP contribution in [0.15, 0.2) is 22.7 Å². The molecule has 0 aliphatic carbocycles. The molecule has 3 rings (SSSR count). The lowest BCUT2D eigenvalue weighted by molar-refractivity contribution is -0.135. The van der Waals surface area contributed by atoms with E-state index in [1.807, 2.05) is 13.8 Å². The number of fused-ring (bicyclic) bond motifs is 1. The van der Waals surface area contributed by atoms with Crippen LogP contribution in [0.1, 0.15) is 43.5 Å². The zero-order valence-electron chi connectivity index (χ0n) is 14.7. The Balaban J connectivity index is 1.79. The fraction of sp³-hybridized carbons (Fsp3) is 0.500. The van der Waals surface area contributed by atoms with Crippen molar-refractivity contribution in [2.75, 3.05) is 17.7 Å². The fourth-order valence-electron chi connectivity index (χ4n) is 3.30. The lowest BCUT2D eigenvalue weighted by Gasteiger charge is -2.30. The minimum Gasteiger partial charge on any atom is -0.462 e. The number of hydrogen-bond donors (Lipinski definition) is 1. The molecule has 8 heteroatoms. The van der Waals surface area contributed by atoms with E-state index in [2.05, 4.69) is 21.2 Å². The average molecular weight is 441 g/mol. The van der Waals surface area contributed by atoms with Crippen molar-refractivity contribution >= 4 is 51.2 Å². The maximum atomic E-state index is 12.8. The molecule has 0 aromatic heterocycles. The number of nitrogens with one attached hydrogen (secondary N) is 1. The fourth-order valence-corrected chi connectivity index (χ4v) is 5.09. The van der Waals surface area contributed by atoms with Crippen LogP contribution >= 0.6 is 27.7 Å². The first-order valence-corrected chi connectivity index (χ1v) is 10.4. The van der Waals surface area contributed by atoms with E-state index in [0.29, 0.717) is 30.0 Å². The van der Waals surface area contributed by atoms with E-state index in [1.165, 1.54) is 0 Å². The van der Waals surface area contributed by atoms with Gasteiger partial charge in [-0.3, -0.25) is 9.59 Å². The third-order valence-electron chi connectivity index (χ3n) is 4.64. The van der Waals surface area contributed by atoms with Gasteiger partial charge in [-0.1, -0.05) is 22.9 Å². The Labute approximate surface area is 165 Å². The molecule has 2 amide bonds. The maximum Gasteiger partial charge on any atom is 0.340 e. The van der Waals surface area contributed by atoms with Crippen molar-refractivity contribution in [1.82, 2.24) is 4.90 Å². The van der Waals surface area contributed by atoms with Gasteiger partial charge in [0.25, 0.3) is 0 Å². The molecule has 26 heavy (non-hydrogen) atoms. The van der Waals surface area contributed by atoms with Crippen LogP contribution in [0, 0.1) is 0 Å². The van der Waals surface area contributed by atoms with Crippen LogP contribution in [0.25, 0.3) is 0 Å². The van der Waals surface area contributed by atoms with Gasteiger partial charge in [-0.05, 0) is 38.0 Å². The third-order valence-corrected chi connectivity index (χ3v) is 6.64. The summed E-state index contributed by atoms with van der Waals surface area (Å²) < 4.78 is 5.92. The number of ether oxygens (including phenoxy) is 1. The van der Waals surface area contributed by atoms with Crippen molar-refractivity contribution in [1.29, 1.82) is 0 Å². The number of carbonyl (C=O) groups excluding carboxylic acids is 3. The van der Waals surface area contributed by atoms with Crippen LogP contribution in [-0.2, 0) is 14.3 Å². The van der Waals surface area contributed by atoms with Gasteiger partial charge in [0.15, 0.2) is 0 Å². The SMILES string of the molecule is CCCOC(=O)c1cc(Br)ccc1NC(=O)C1CSC2(C)CCC(=O)N12. The summed E-state index contributed by atoms with van der Waals surface area (Å²) in [6.07, 6.45) is 1.95. The van der Waals surface area contributed by atoms with E-state index >= 15 is 0 Å². The number of benzene rings is 1. The molecular formula is C18H21BrN2O4S. The van der Waals surface area contributed by atoms with Gasteiger partial charge in [-0.25, -0.2) is 4.79 Å². The summed E-state index contributed by atoms with van der Waals surface area (Å²) in [5, 5.41) is 2.82. The number of hydrogen-bond acceptors (Lipinski definition) is 5. The van der Waals surface area contributed by atoms with Crippen molar-refractivity contribution in [2.24, 2.45) is 0 Å². The van der Waals surface area contributed by atoms with Crippen molar-refractivity contribution in [3.8, 4) is 0 Å². The number of thioether (sulfide) groups is 1.